The molecule has 0 bridgehead atoms. The summed E-state index contributed by atoms with van der Waals surface area (Å²) >= 11 is 0. The van der Waals surface area contributed by atoms with Crippen LogP contribution in [0.3, 0.4) is 0 Å². The molecule has 0 spiro atoms. The first kappa shape index (κ1) is 12.7. The van der Waals surface area contributed by atoms with Crippen LogP contribution in [0.25, 0.3) is 10.9 Å². The van der Waals surface area contributed by atoms with E-state index in [1.54, 1.807) is 6.07 Å². The number of aromatic nitrogens is 1. The lowest BCUT2D eigenvalue weighted by Gasteiger charge is -2.02. The van der Waals surface area contributed by atoms with Crippen molar-refractivity contribution >= 4 is 26.5 Å². The maximum absolute atomic E-state index is 11.5. The summed E-state index contributed by atoms with van der Waals surface area (Å²) in [5, 5.41) is 0.997. The standard InChI is InChI=1S/C13H13NO3S/c1-18(16,17)9-12(15)8-11-7-6-10-4-2-3-5-13(10)14-11/h2-7H,8-9H2,1H3. The molecule has 94 valence electrons. The molecule has 0 saturated heterocycles. The molecule has 0 unspecified atom stereocenters. The van der Waals surface area contributed by atoms with E-state index in [4.69, 9.17) is 0 Å². The largest absolute Gasteiger partial charge is 0.298 e. The summed E-state index contributed by atoms with van der Waals surface area (Å²) in [5.41, 5.74) is 1.41. The van der Waals surface area contributed by atoms with Gasteiger partial charge in [-0.05, 0) is 12.1 Å². The maximum atomic E-state index is 11.5. The van der Waals surface area contributed by atoms with E-state index in [0.29, 0.717) is 5.69 Å². The van der Waals surface area contributed by atoms with Crippen molar-refractivity contribution < 1.29 is 13.2 Å². The summed E-state index contributed by atoms with van der Waals surface area (Å²) in [6, 6.07) is 11.2. The number of carbonyl (C=O) groups is 1. The summed E-state index contributed by atoms with van der Waals surface area (Å²) in [6.45, 7) is 0. The number of carbonyl (C=O) groups excluding carboxylic acids is 1. The van der Waals surface area contributed by atoms with E-state index in [1.165, 1.54) is 0 Å². The number of benzene rings is 1. The van der Waals surface area contributed by atoms with Crippen LogP contribution in [0, 0.1) is 0 Å². The number of fused-ring (bicyclic) bond motifs is 1. The molecule has 18 heavy (non-hydrogen) atoms. The molecule has 0 atom stereocenters. The van der Waals surface area contributed by atoms with Gasteiger partial charge in [0, 0.05) is 23.8 Å². The van der Waals surface area contributed by atoms with Gasteiger partial charge in [0.25, 0.3) is 0 Å². The van der Waals surface area contributed by atoms with E-state index in [0.717, 1.165) is 17.2 Å². The van der Waals surface area contributed by atoms with E-state index in [2.05, 4.69) is 4.98 Å². The van der Waals surface area contributed by atoms with Crippen LogP contribution in [-0.2, 0) is 21.1 Å². The topological polar surface area (TPSA) is 64.1 Å². The molecule has 1 aromatic heterocycles. The Morgan fingerprint density at radius 2 is 1.89 bits per heavy atom. The second-order valence-corrected chi connectivity index (χ2v) is 6.42. The SMILES string of the molecule is CS(=O)(=O)CC(=O)Cc1ccc2ccccc2n1. The van der Waals surface area contributed by atoms with Gasteiger partial charge in [-0.25, -0.2) is 8.42 Å². The second-order valence-electron chi connectivity index (χ2n) is 4.28. The Morgan fingerprint density at radius 3 is 2.61 bits per heavy atom. The van der Waals surface area contributed by atoms with Gasteiger partial charge in [0.1, 0.15) is 5.75 Å². The molecular weight excluding hydrogens is 250 g/mol. The molecule has 0 aliphatic heterocycles. The zero-order chi connectivity index (χ0) is 13.2. The van der Waals surface area contributed by atoms with Gasteiger partial charge in [0.05, 0.1) is 5.52 Å². The number of hydrogen-bond acceptors (Lipinski definition) is 4. The highest BCUT2D eigenvalue weighted by Crippen LogP contribution is 2.12. The van der Waals surface area contributed by atoms with Gasteiger partial charge in [0.15, 0.2) is 15.6 Å². The van der Waals surface area contributed by atoms with E-state index >= 15 is 0 Å². The molecule has 0 radical (unpaired) electrons. The predicted molar refractivity (Wildman–Crippen MR) is 70.2 cm³/mol. The Morgan fingerprint density at radius 1 is 1.17 bits per heavy atom. The fourth-order valence-electron chi connectivity index (χ4n) is 1.75. The number of hydrogen-bond donors (Lipinski definition) is 0. The highest BCUT2D eigenvalue weighted by atomic mass is 32.2. The molecular formula is C13H13NO3S. The minimum absolute atomic E-state index is 0.0535. The number of sulfone groups is 1. The maximum Gasteiger partial charge on any atom is 0.154 e. The smallest absolute Gasteiger partial charge is 0.154 e. The molecule has 0 aliphatic carbocycles. The number of nitrogens with zero attached hydrogens (tertiary/aromatic N) is 1. The molecule has 1 aromatic carbocycles. The molecule has 4 nitrogen and oxygen atoms in total. The Kier molecular flexibility index (Phi) is 3.43. The number of Topliss-reactive ketones (excluding diaryl/α,β-unsaturated/α-hetero) is 1. The Balaban J connectivity index is 2.20. The van der Waals surface area contributed by atoms with Crippen molar-refractivity contribution in [3.8, 4) is 0 Å². The molecule has 5 heteroatoms. The zero-order valence-electron chi connectivity index (χ0n) is 9.96. The Bertz CT molecular complexity index is 692. The lowest BCUT2D eigenvalue weighted by Crippen LogP contribution is -2.16. The first-order valence-corrected chi connectivity index (χ1v) is 7.54. The van der Waals surface area contributed by atoms with Crippen LogP contribution in [-0.4, -0.2) is 31.2 Å². The van der Waals surface area contributed by atoms with E-state index < -0.39 is 15.6 Å². The molecule has 0 fully saturated rings. The van der Waals surface area contributed by atoms with Gasteiger partial charge >= 0.3 is 0 Å². The molecule has 0 aliphatic rings. The van der Waals surface area contributed by atoms with Crippen molar-refractivity contribution in [1.29, 1.82) is 0 Å². The second kappa shape index (κ2) is 4.86. The number of pyridine rings is 1. The fraction of sp³-hybridized carbons (Fsp3) is 0.231. The molecule has 0 saturated carbocycles. The van der Waals surface area contributed by atoms with Crippen LogP contribution in [0.4, 0.5) is 0 Å². The summed E-state index contributed by atoms with van der Waals surface area (Å²) in [5.74, 6) is -0.762. The van der Waals surface area contributed by atoms with Crippen molar-refractivity contribution in [2.75, 3.05) is 12.0 Å². The fourth-order valence-corrected chi connectivity index (χ4v) is 2.44. The molecule has 0 amide bonds. The van der Waals surface area contributed by atoms with Gasteiger partial charge in [0.2, 0.25) is 0 Å². The van der Waals surface area contributed by atoms with Crippen molar-refractivity contribution in [1.82, 2.24) is 4.98 Å². The average molecular weight is 263 g/mol. The van der Waals surface area contributed by atoms with Gasteiger partial charge in [-0.1, -0.05) is 24.3 Å². The van der Waals surface area contributed by atoms with Gasteiger partial charge in [-0.2, -0.15) is 0 Å². The highest BCUT2D eigenvalue weighted by molar-refractivity contribution is 7.91. The van der Waals surface area contributed by atoms with Crippen LogP contribution >= 0.6 is 0 Å². The van der Waals surface area contributed by atoms with Crippen LogP contribution < -0.4 is 0 Å². The van der Waals surface area contributed by atoms with Crippen LogP contribution in [0.1, 0.15) is 5.69 Å². The third-order valence-electron chi connectivity index (χ3n) is 2.46. The average Bonchev–Trinajstić information content (AvgIpc) is 2.26. The number of ketones is 1. The van der Waals surface area contributed by atoms with Crippen molar-refractivity contribution in [3.05, 3.63) is 42.1 Å². The normalized spacial score (nSPS) is 11.6. The van der Waals surface area contributed by atoms with Crippen molar-refractivity contribution in [2.45, 2.75) is 6.42 Å². The van der Waals surface area contributed by atoms with Gasteiger partial charge in [-0.15, -0.1) is 0 Å². The van der Waals surface area contributed by atoms with Crippen LogP contribution in [0.5, 0.6) is 0 Å². The monoisotopic (exact) mass is 263 g/mol. The van der Waals surface area contributed by atoms with E-state index in [-0.39, 0.29) is 12.2 Å². The van der Waals surface area contributed by atoms with Gasteiger partial charge < -0.3 is 0 Å². The zero-order valence-corrected chi connectivity index (χ0v) is 10.8. The Labute approximate surface area is 106 Å². The van der Waals surface area contributed by atoms with Crippen LogP contribution in [0.15, 0.2) is 36.4 Å². The first-order valence-electron chi connectivity index (χ1n) is 5.48. The molecule has 2 aromatic rings. The van der Waals surface area contributed by atoms with E-state index in [9.17, 15) is 13.2 Å². The summed E-state index contributed by atoms with van der Waals surface area (Å²) < 4.78 is 22.0. The lowest BCUT2D eigenvalue weighted by molar-refractivity contribution is -0.116. The first-order chi connectivity index (χ1) is 8.44. The molecule has 2 rings (SSSR count). The van der Waals surface area contributed by atoms with Crippen molar-refractivity contribution in [3.63, 3.8) is 0 Å². The quantitative estimate of drug-likeness (QED) is 0.836. The third-order valence-corrected chi connectivity index (χ3v) is 3.30. The predicted octanol–water partition coefficient (Wildman–Crippen LogP) is 1.39. The minimum Gasteiger partial charge on any atom is -0.298 e. The number of para-hydroxylation sites is 1. The number of rotatable bonds is 4. The third kappa shape index (κ3) is 3.37. The summed E-state index contributed by atoms with van der Waals surface area (Å²) in [4.78, 5) is 15.9. The highest BCUT2D eigenvalue weighted by Gasteiger charge is 2.12. The Hall–Kier alpha value is -1.75. The summed E-state index contributed by atoms with van der Waals surface area (Å²) in [7, 11) is -3.26. The molecule has 1 heterocycles. The van der Waals surface area contributed by atoms with E-state index in [1.807, 2.05) is 30.3 Å². The molecule has 0 N–H and O–H groups in total. The van der Waals surface area contributed by atoms with Crippen LogP contribution in [0.2, 0.25) is 0 Å². The van der Waals surface area contributed by atoms with Gasteiger partial charge in [-0.3, -0.25) is 9.78 Å². The van der Waals surface area contributed by atoms with Crippen molar-refractivity contribution in [2.24, 2.45) is 0 Å². The summed E-state index contributed by atoms with van der Waals surface area (Å²) in [6.07, 6.45) is 1.11. The minimum atomic E-state index is -3.26. The lowest BCUT2D eigenvalue weighted by atomic mass is 10.1.